The van der Waals surface area contributed by atoms with Crippen LogP contribution in [0.1, 0.15) is 36.0 Å². The second-order valence-electron chi connectivity index (χ2n) is 6.87. The molecule has 0 aliphatic carbocycles. The van der Waals surface area contributed by atoms with Crippen LogP contribution in [0.3, 0.4) is 0 Å². The molecule has 1 fully saturated rings. The third-order valence-corrected chi connectivity index (χ3v) is 7.62. The number of hydrogen-bond acceptors (Lipinski definition) is 5. The van der Waals surface area contributed by atoms with Gasteiger partial charge in [-0.25, -0.2) is 8.42 Å². The van der Waals surface area contributed by atoms with E-state index < -0.39 is 10.0 Å². The molecule has 0 bridgehead atoms. The Morgan fingerprint density at radius 1 is 1.03 bits per heavy atom. The van der Waals surface area contributed by atoms with Crippen LogP contribution < -0.4 is 10.1 Å². The number of methoxy groups -OCH3 is 1. The van der Waals surface area contributed by atoms with Crippen molar-refractivity contribution in [2.24, 2.45) is 0 Å². The highest BCUT2D eigenvalue weighted by atomic mass is 32.2. The van der Waals surface area contributed by atoms with Crippen LogP contribution in [-0.2, 0) is 10.0 Å². The molecule has 8 heteroatoms. The number of rotatable bonds is 6. The smallest absolute Gasteiger partial charge is 0.255 e. The Hall–Kier alpha value is -2.03. The zero-order chi connectivity index (χ0) is 20.9. The average Bonchev–Trinajstić information content (AvgIpc) is 3.04. The number of nitrogens with one attached hydrogen (secondary N) is 1. The van der Waals surface area contributed by atoms with E-state index in [1.54, 1.807) is 17.8 Å². The van der Waals surface area contributed by atoms with Crippen LogP contribution in [0.4, 0.5) is 5.69 Å². The summed E-state index contributed by atoms with van der Waals surface area (Å²) in [6.45, 7) is 0.980. The quantitative estimate of drug-likeness (QED) is 0.689. The Labute approximate surface area is 176 Å². The van der Waals surface area contributed by atoms with Crippen molar-refractivity contribution in [1.29, 1.82) is 0 Å². The minimum Gasteiger partial charge on any atom is -0.495 e. The molecule has 0 radical (unpaired) electrons. The first-order chi connectivity index (χ1) is 14.0. The van der Waals surface area contributed by atoms with Crippen LogP contribution in [0.5, 0.6) is 5.75 Å². The molecule has 6 nitrogen and oxygen atoms in total. The van der Waals surface area contributed by atoms with Gasteiger partial charge in [-0.2, -0.15) is 4.31 Å². The lowest BCUT2D eigenvalue weighted by molar-refractivity contribution is 0.102. The van der Waals surface area contributed by atoms with Crippen LogP contribution in [-0.4, -0.2) is 45.1 Å². The number of sulfonamides is 1. The van der Waals surface area contributed by atoms with E-state index in [2.05, 4.69) is 5.32 Å². The second-order valence-corrected chi connectivity index (χ2v) is 9.65. The second kappa shape index (κ2) is 9.65. The molecule has 1 aliphatic heterocycles. The first-order valence-electron chi connectivity index (χ1n) is 9.59. The van der Waals surface area contributed by atoms with Gasteiger partial charge in [0.2, 0.25) is 10.0 Å². The van der Waals surface area contributed by atoms with Gasteiger partial charge < -0.3 is 10.1 Å². The molecule has 3 rings (SSSR count). The summed E-state index contributed by atoms with van der Waals surface area (Å²) >= 11 is 1.62. The SMILES string of the molecule is COc1ccc(C(=O)Nc2ccc(SC)cc2)cc1S(=O)(=O)N1CCCCCC1. The van der Waals surface area contributed by atoms with Crippen molar-refractivity contribution in [3.63, 3.8) is 0 Å². The van der Waals surface area contributed by atoms with E-state index in [4.69, 9.17) is 4.74 Å². The Morgan fingerprint density at radius 3 is 2.28 bits per heavy atom. The van der Waals surface area contributed by atoms with Gasteiger partial charge in [-0.05, 0) is 61.6 Å². The summed E-state index contributed by atoms with van der Waals surface area (Å²) in [6, 6.07) is 12.0. The van der Waals surface area contributed by atoms with Crippen molar-refractivity contribution in [1.82, 2.24) is 4.31 Å². The molecule has 1 aliphatic rings. The molecule has 2 aromatic rings. The van der Waals surface area contributed by atoms with Gasteiger partial charge in [0.1, 0.15) is 10.6 Å². The van der Waals surface area contributed by atoms with E-state index in [9.17, 15) is 13.2 Å². The molecule has 1 amide bonds. The molecule has 0 atom stereocenters. The Morgan fingerprint density at radius 2 is 1.69 bits per heavy atom. The number of benzene rings is 2. The number of hydrogen-bond donors (Lipinski definition) is 1. The Bertz CT molecular complexity index is 951. The van der Waals surface area contributed by atoms with E-state index in [-0.39, 0.29) is 22.1 Å². The van der Waals surface area contributed by atoms with Crippen molar-refractivity contribution in [2.45, 2.75) is 35.5 Å². The third-order valence-electron chi connectivity index (χ3n) is 4.96. The molecule has 29 heavy (non-hydrogen) atoms. The van der Waals surface area contributed by atoms with Gasteiger partial charge in [0.25, 0.3) is 5.91 Å². The van der Waals surface area contributed by atoms with Crippen molar-refractivity contribution in [3.8, 4) is 5.75 Å². The van der Waals surface area contributed by atoms with E-state index in [1.165, 1.54) is 23.5 Å². The minimum atomic E-state index is -3.74. The summed E-state index contributed by atoms with van der Waals surface area (Å²) in [5, 5.41) is 2.82. The highest BCUT2D eigenvalue weighted by molar-refractivity contribution is 7.98. The molecule has 0 aromatic heterocycles. The summed E-state index contributed by atoms with van der Waals surface area (Å²) in [7, 11) is -2.31. The van der Waals surface area contributed by atoms with Gasteiger partial charge in [0.05, 0.1) is 7.11 Å². The predicted octanol–water partition coefficient (Wildman–Crippen LogP) is 4.23. The summed E-state index contributed by atoms with van der Waals surface area (Å²) in [5.41, 5.74) is 0.925. The number of thioether (sulfide) groups is 1. The highest BCUT2D eigenvalue weighted by Crippen LogP contribution is 2.30. The molecule has 0 unspecified atom stereocenters. The monoisotopic (exact) mass is 434 g/mol. The molecular formula is C21H26N2O4S2. The van der Waals surface area contributed by atoms with Gasteiger partial charge in [-0.3, -0.25) is 4.79 Å². The van der Waals surface area contributed by atoms with Crippen molar-refractivity contribution >= 4 is 33.4 Å². The lowest BCUT2D eigenvalue weighted by atomic mass is 10.2. The van der Waals surface area contributed by atoms with Crippen LogP contribution in [0, 0.1) is 0 Å². The maximum Gasteiger partial charge on any atom is 0.255 e. The number of amides is 1. The molecule has 0 spiro atoms. The van der Waals surface area contributed by atoms with E-state index in [0.717, 1.165) is 30.6 Å². The zero-order valence-electron chi connectivity index (χ0n) is 16.7. The van der Waals surface area contributed by atoms with E-state index >= 15 is 0 Å². The van der Waals surface area contributed by atoms with Crippen LogP contribution in [0.25, 0.3) is 0 Å². The van der Waals surface area contributed by atoms with Gasteiger partial charge in [0, 0.05) is 29.2 Å². The summed E-state index contributed by atoms with van der Waals surface area (Å²) in [6.07, 6.45) is 5.72. The Kier molecular flexibility index (Phi) is 7.21. The molecule has 1 saturated heterocycles. The van der Waals surface area contributed by atoms with Gasteiger partial charge >= 0.3 is 0 Å². The van der Waals surface area contributed by atoms with Crippen molar-refractivity contribution < 1.29 is 17.9 Å². The predicted molar refractivity (Wildman–Crippen MR) is 116 cm³/mol. The largest absolute Gasteiger partial charge is 0.495 e. The van der Waals surface area contributed by atoms with Crippen LogP contribution in [0.2, 0.25) is 0 Å². The number of nitrogens with zero attached hydrogens (tertiary/aromatic N) is 1. The lowest BCUT2D eigenvalue weighted by Crippen LogP contribution is -2.32. The molecule has 0 saturated carbocycles. The summed E-state index contributed by atoms with van der Waals surface area (Å²) < 4.78 is 33.3. The third kappa shape index (κ3) is 5.12. The first kappa shape index (κ1) is 21.7. The Balaban J connectivity index is 1.88. The standard InChI is InChI=1S/C21H26N2O4S2/c1-27-19-12-7-16(21(24)22-17-8-10-18(28-2)11-9-17)15-20(19)29(25,26)23-13-5-3-4-6-14-23/h7-12,15H,3-6,13-14H2,1-2H3,(H,22,24). The van der Waals surface area contributed by atoms with E-state index in [1.807, 2.05) is 30.5 Å². The molecule has 156 valence electrons. The zero-order valence-corrected chi connectivity index (χ0v) is 18.3. The van der Waals surface area contributed by atoms with Crippen molar-refractivity contribution in [2.75, 3.05) is 31.8 Å². The molecule has 1 heterocycles. The van der Waals surface area contributed by atoms with Crippen molar-refractivity contribution in [3.05, 3.63) is 48.0 Å². The average molecular weight is 435 g/mol. The lowest BCUT2D eigenvalue weighted by Gasteiger charge is -2.21. The highest BCUT2D eigenvalue weighted by Gasteiger charge is 2.29. The summed E-state index contributed by atoms with van der Waals surface area (Å²) in [4.78, 5) is 13.8. The molecular weight excluding hydrogens is 408 g/mol. The van der Waals surface area contributed by atoms with Crippen LogP contribution in [0.15, 0.2) is 52.3 Å². The van der Waals surface area contributed by atoms with Gasteiger partial charge in [-0.15, -0.1) is 11.8 Å². The number of carbonyl (C=O) groups is 1. The maximum atomic E-state index is 13.2. The van der Waals surface area contributed by atoms with Crippen LogP contribution >= 0.6 is 11.8 Å². The fourth-order valence-electron chi connectivity index (χ4n) is 3.32. The van der Waals surface area contributed by atoms with E-state index in [0.29, 0.717) is 18.8 Å². The molecule has 2 aromatic carbocycles. The number of carbonyl (C=O) groups excluding carboxylic acids is 1. The summed E-state index contributed by atoms with van der Waals surface area (Å²) in [5.74, 6) is -0.119. The first-order valence-corrected chi connectivity index (χ1v) is 12.3. The van der Waals surface area contributed by atoms with Gasteiger partial charge in [-0.1, -0.05) is 12.8 Å². The minimum absolute atomic E-state index is 0.0345. The van der Waals surface area contributed by atoms with Gasteiger partial charge in [0.15, 0.2) is 0 Å². The maximum absolute atomic E-state index is 13.2. The topological polar surface area (TPSA) is 75.7 Å². The fourth-order valence-corrected chi connectivity index (χ4v) is 5.43. The number of anilines is 1. The number of ether oxygens (including phenoxy) is 1. The fraction of sp³-hybridized carbons (Fsp3) is 0.381. The normalized spacial score (nSPS) is 15.5. The molecule has 1 N–H and O–H groups in total.